The van der Waals surface area contributed by atoms with Gasteiger partial charge in [-0.15, -0.1) is 0 Å². The van der Waals surface area contributed by atoms with E-state index in [1.807, 2.05) is 0 Å². The van der Waals surface area contributed by atoms with E-state index >= 15 is 0 Å². The molecule has 0 fully saturated rings. The normalized spacial score (nSPS) is 14.5. The highest BCUT2D eigenvalue weighted by Gasteiger charge is 2.77. The van der Waals surface area contributed by atoms with Crippen LogP contribution >= 0.6 is 31.9 Å². The minimum atomic E-state index is -8.08. The molecular weight excluding hydrogens is 820 g/mol. The molecule has 0 bridgehead atoms. The number of sulfone groups is 1. The Balaban J connectivity index is 3.41. The first kappa shape index (κ1) is 37.1. The van der Waals surface area contributed by atoms with Gasteiger partial charge in [-0.1, -0.05) is 0 Å². The molecule has 43 heavy (non-hydrogen) atoms. The smallest absolute Gasteiger partial charge is 0.218 e. The Morgan fingerprint density at radius 3 is 0.860 bits per heavy atom. The summed E-state index contributed by atoms with van der Waals surface area (Å²) in [6.45, 7) is 0. The quantitative estimate of drug-likeness (QED) is 0.166. The molecule has 0 unspecified atom stereocenters. The first-order valence-electron chi connectivity index (χ1n) is 9.40. The van der Waals surface area contributed by atoms with Gasteiger partial charge in [-0.25, -0.2) is 34.8 Å². The molecule has 0 amide bonds. The van der Waals surface area contributed by atoms with E-state index in [2.05, 4.69) is 0 Å². The summed E-state index contributed by atoms with van der Waals surface area (Å²) < 4.78 is 297. The monoisotopic (exact) mass is 818 g/mol. The van der Waals surface area contributed by atoms with Crippen molar-refractivity contribution in [2.75, 3.05) is 0 Å². The van der Waals surface area contributed by atoms with Gasteiger partial charge < -0.3 is 0 Å². The van der Waals surface area contributed by atoms with Crippen molar-refractivity contribution in [3.63, 3.8) is 0 Å². The van der Waals surface area contributed by atoms with Crippen molar-refractivity contribution in [3.8, 4) is 0 Å². The Hall–Kier alpha value is -2.05. The summed E-state index contributed by atoms with van der Waals surface area (Å²) >= 11 is 3.00. The maximum Gasteiger partial charge on any atom is 0.460 e. The molecule has 0 aliphatic heterocycles. The molecule has 0 aliphatic rings. The van der Waals surface area contributed by atoms with Gasteiger partial charge in [0.1, 0.15) is 9.79 Å². The van der Waals surface area contributed by atoms with Crippen molar-refractivity contribution >= 4 is 41.7 Å². The zero-order valence-electron chi connectivity index (χ0n) is 18.5. The van der Waals surface area contributed by atoms with Gasteiger partial charge >= 0.3 is 36.0 Å². The Morgan fingerprint density at radius 2 is 0.651 bits per heavy atom. The highest BCUT2D eigenvalue weighted by atomic mass is 79.9. The van der Waals surface area contributed by atoms with Crippen LogP contribution in [-0.4, -0.2) is 32.6 Å². The first-order chi connectivity index (χ1) is 18.8. The molecule has 2 aromatic carbocycles. The lowest BCUT2D eigenvalue weighted by atomic mass is 10.00. The topological polar surface area (TPSA) is 34.1 Å². The van der Waals surface area contributed by atoms with Crippen LogP contribution in [0.15, 0.2) is 18.7 Å². The minimum Gasteiger partial charge on any atom is -0.218 e. The van der Waals surface area contributed by atoms with Gasteiger partial charge in [-0.05, 0) is 31.9 Å². The van der Waals surface area contributed by atoms with Crippen molar-refractivity contribution in [1.82, 2.24) is 0 Å². The summed E-state index contributed by atoms with van der Waals surface area (Å²) in [5.74, 6) is -52.1. The number of benzene rings is 2. The predicted molar refractivity (Wildman–Crippen MR) is 103 cm³/mol. The van der Waals surface area contributed by atoms with E-state index in [9.17, 15) is 96.2 Å². The van der Waals surface area contributed by atoms with Crippen molar-refractivity contribution in [3.05, 3.63) is 55.0 Å². The molecule has 0 aliphatic carbocycles. The number of rotatable bonds is 6. The fraction of sp³-hybridized carbons (Fsp3) is 0.333. The summed E-state index contributed by atoms with van der Waals surface area (Å²) in [7, 11) is -8.08. The second-order valence-corrected chi connectivity index (χ2v) is 11.1. The molecule has 2 aromatic rings. The van der Waals surface area contributed by atoms with Crippen LogP contribution in [0.1, 0.15) is 11.1 Å². The lowest BCUT2D eigenvalue weighted by Gasteiger charge is -2.32. The largest absolute Gasteiger partial charge is 0.460 e. The maximum absolute atomic E-state index is 14.7. The molecular formula is C18Br2F20O2S. The Labute approximate surface area is 238 Å². The number of hydrogen-bond acceptors (Lipinski definition) is 2. The highest BCUT2D eigenvalue weighted by Crippen LogP contribution is 2.58. The van der Waals surface area contributed by atoms with Crippen LogP contribution in [-0.2, 0) is 21.7 Å². The maximum atomic E-state index is 14.7. The lowest BCUT2D eigenvalue weighted by molar-refractivity contribution is -0.360. The minimum absolute atomic E-state index is 1.50. The SMILES string of the molecule is O=S(=O)(c1c(F)c(F)c(Br)c(F)c1C(F)(F)C(F)(F)C(F)(F)F)c1c(F)c(F)c(Br)c(F)c1C(F)(F)C(F)(F)C(F)(F)F. The van der Waals surface area contributed by atoms with Crippen LogP contribution in [0, 0.1) is 34.9 Å². The van der Waals surface area contributed by atoms with E-state index in [-0.39, 0.29) is 0 Å². The average molecular weight is 820 g/mol. The molecule has 0 radical (unpaired) electrons. The molecule has 0 spiro atoms. The third-order valence-electron chi connectivity index (χ3n) is 5.11. The molecule has 2 nitrogen and oxygen atoms in total. The first-order valence-corrected chi connectivity index (χ1v) is 12.5. The van der Waals surface area contributed by atoms with E-state index < -0.39 is 111 Å². The van der Waals surface area contributed by atoms with E-state index in [0.29, 0.717) is 0 Å². The summed E-state index contributed by atoms with van der Waals surface area (Å²) in [6, 6.07) is 0. The second kappa shape index (κ2) is 10.5. The van der Waals surface area contributed by atoms with Gasteiger partial charge in [-0.3, -0.25) is 0 Å². The molecule has 0 atom stereocenters. The molecule has 2 rings (SSSR count). The van der Waals surface area contributed by atoms with E-state index in [1.54, 1.807) is 0 Å². The van der Waals surface area contributed by atoms with Crippen LogP contribution in [0.5, 0.6) is 0 Å². The fourth-order valence-corrected chi connectivity index (χ4v) is 5.63. The summed E-state index contributed by atoms with van der Waals surface area (Å²) in [6.07, 6.45) is -15.2. The Morgan fingerprint density at radius 1 is 0.419 bits per heavy atom. The second-order valence-electron chi connectivity index (χ2n) is 7.72. The summed E-state index contributed by atoms with van der Waals surface area (Å²) in [5, 5.41) is 0. The third-order valence-corrected chi connectivity index (χ3v) is 8.35. The van der Waals surface area contributed by atoms with Crippen LogP contribution in [0.2, 0.25) is 0 Å². The fourth-order valence-electron chi connectivity index (χ4n) is 3.06. The van der Waals surface area contributed by atoms with E-state index in [0.717, 1.165) is 0 Å². The van der Waals surface area contributed by atoms with E-state index in [4.69, 9.17) is 0 Å². The molecule has 0 aromatic heterocycles. The highest BCUT2D eigenvalue weighted by molar-refractivity contribution is 9.10. The van der Waals surface area contributed by atoms with Gasteiger partial charge in [0.15, 0.2) is 34.9 Å². The van der Waals surface area contributed by atoms with Crippen molar-refractivity contribution in [2.24, 2.45) is 0 Å². The number of alkyl halides is 14. The average Bonchev–Trinajstić information content (AvgIpc) is 2.83. The number of halogens is 22. The van der Waals surface area contributed by atoms with Gasteiger partial charge in [0.2, 0.25) is 9.84 Å². The molecule has 0 saturated heterocycles. The summed E-state index contributed by atoms with van der Waals surface area (Å²) in [5.41, 5.74) is -8.47. The van der Waals surface area contributed by atoms with E-state index in [1.165, 1.54) is 31.9 Å². The summed E-state index contributed by atoms with van der Waals surface area (Å²) in [4.78, 5) is -8.21. The molecule has 244 valence electrons. The van der Waals surface area contributed by atoms with Gasteiger partial charge in [0, 0.05) is 0 Å². The lowest BCUT2D eigenvalue weighted by Crippen LogP contribution is -2.51. The van der Waals surface area contributed by atoms with Crippen molar-refractivity contribution < 1.29 is 96.2 Å². The Bertz CT molecular complexity index is 1480. The molecule has 0 heterocycles. The standard InChI is InChI=1S/C18Br2F20O2S/c19-3-5(21)1(13(27,28)15(31,32)17(35,36)37)11(9(25)7(3)23)43(41,42)12-2(6(22)4(20)8(24)10(12)26)14(29,30)16(33,34)18(38,39)40. The third kappa shape index (κ3) is 5.13. The van der Waals surface area contributed by atoms with Crippen LogP contribution in [0.25, 0.3) is 0 Å². The van der Waals surface area contributed by atoms with Crippen molar-refractivity contribution in [2.45, 2.75) is 45.8 Å². The number of hydrogen-bond donors (Lipinski definition) is 0. The van der Waals surface area contributed by atoms with Crippen LogP contribution < -0.4 is 0 Å². The zero-order chi connectivity index (χ0) is 34.4. The molecule has 0 N–H and O–H groups in total. The predicted octanol–water partition coefficient (Wildman–Crippen LogP) is 9.46. The van der Waals surface area contributed by atoms with Gasteiger partial charge in [0.25, 0.3) is 0 Å². The molecule has 0 saturated carbocycles. The zero-order valence-corrected chi connectivity index (χ0v) is 22.5. The van der Waals surface area contributed by atoms with Gasteiger partial charge in [0.05, 0.1) is 20.1 Å². The van der Waals surface area contributed by atoms with Crippen molar-refractivity contribution in [1.29, 1.82) is 0 Å². The van der Waals surface area contributed by atoms with Crippen LogP contribution in [0.3, 0.4) is 0 Å². The van der Waals surface area contributed by atoms with Gasteiger partial charge in [-0.2, -0.15) is 61.5 Å². The Kier molecular flexibility index (Phi) is 9.07. The van der Waals surface area contributed by atoms with Crippen LogP contribution in [0.4, 0.5) is 87.8 Å². The molecule has 25 heteroatoms.